The largest absolute Gasteiger partial charge is 0.543 e. The van der Waals surface area contributed by atoms with Gasteiger partial charge in [0.05, 0.1) is 5.97 Å². The molecule has 60 valence electrons. The van der Waals surface area contributed by atoms with E-state index in [-0.39, 0.29) is 4.68 Å². The first-order valence-electron chi connectivity index (χ1n) is 2.66. The molecule has 0 spiro atoms. The highest BCUT2D eigenvalue weighted by Crippen LogP contribution is 2.07. The fourth-order valence-electron chi connectivity index (χ4n) is 0.556. The number of rotatable bonds is 2. The van der Waals surface area contributed by atoms with E-state index in [0.717, 1.165) is 12.3 Å². The van der Waals surface area contributed by atoms with Gasteiger partial charge in [0, 0.05) is 6.20 Å². The first kappa shape index (κ1) is 7.64. The average Bonchev–Trinajstić information content (AvgIpc) is 2.33. The molecule has 0 N–H and O–H groups in total. The molecule has 1 aromatic heterocycles. The van der Waals surface area contributed by atoms with Gasteiger partial charge in [0.2, 0.25) is 0 Å². The second-order valence-electron chi connectivity index (χ2n) is 1.75. The van der Waals surface area contributed by atoms with Crippen LogP contribution in [0.2, 0.25) is 0 Å². The summed E-state index contributed by atoms with van der Waals surface area (Å²) in [5.74, 6) is -1.57. The van der Waals surface area contributed by atoms with E-state index in [0.29, 0.717) is 0 Å². The van der Waals surface area contributed by atoms with Crippen LogP contribution >= 0.6 is 0 Å². The summed E-state index contributed by atoms with van der Waals surface area (Å²) in [6.45, 7) is -2.82. The van der Waals surface area contributed by atoms with Crippen molar-refractivity contribution in [3.63, 3.8) is 0 Å². The van der Waals surface area contributed by atoms with E-state index in [1.165, 1.54) is 0 Å². The molecule has 0 aliphatic rings. The summed E-state index contributed by atoms with van der Waals surface area (Å²) in [4.78, 5) is 10.0. The fraction of sp³-hybridized carbons (Fsp3) is 0.200. The summed E-state index contributed by atoms with van der Waals surface area (Å²) in [6.07, 6.45) is 0.871. The van der Waals surface area contributed by atoms with Crippen LogP contribution in [0.1, 0.15) is 17.0 Å². The van der Waals surface area contributed by atoms with Crippen molar-refractivity contribution < 1.29 is 18.7 Å². The van der Waals surface area contributed by atoms with Crippen molar-refractivity contribution in [1.82, 2.24) is 9.78 Å². The molecular weight excluding hydrogens is 158 g/mol. The van der Waals surface area contributed by atoms with Crippen LogP contribution in [0.5, 0.6) is 0 Å². The predicted molar refractivity (Wildman–Crippen MR) is 27.8 cm³/mol. The maximum Gasteiger partial charge on any atom is 0.333 e. The van der Waals surface area contributed by atoms with Gasteiger partial charge in [0.15, 0.2) is 0 Å². The van der Waals surface area contributed by atoms with Crippen LogP contribution in [-0.4, -0.2) is 15.7 Å². The van der Waals surface area contributed by atoms with Gasteiger partial charge >= 0.3 is 6.55 Å². The minimum absolute atomic E-state index is 0.241. The number of aromatic nitrogens is 2. The van der Waals surface area contributed by atoms with Gasteiger partial charge in [-0.15, -0.1) is 0 Å². The van der Waals surface area contributed by atoms with Crippen molar-refractivity contribution in [3.05, 3.63) is 18.0 Å². The summed E-state index contributed by atoms with van der Waals surface area (Å²) in [7, 11) is 0. The Kier molecular flexibility index (Phi) is 1.84. The van der Waals surface area contributed by atoms with Crippen molar-refractivity contribution in [2.45, 2.75) is 6.55 Å². The molecule has 0 aliphatic heterocycles. The Morgan fingerprint density at radius 2 is 2.36 bits per heavy atom. The van der Waals surface area contributed by atoms with Gasteiger partial charge in [-0.25, -0.2) is 4.68 Å². The van der Waals surface area contributed by atoms with Crippen LogP contribution in [0.15, 0.2) is 12.3 Å². The highest BCUT2D eigenvalue weighted by atomic mass is 19.3. The van der Waals surface area contributed by atoms with E-state index in [4.69, 9.17) is 0 Å². The quantitative estimate of drug-likeness (QED) is 0.595. The molecule has 0 aliphatic carbocycles. The van der Waals surface area contributed by atoms with Gasteiger partial charge < -0.3 is 9.90 Å². The second-order valence-corrected chi connectivity index (χ2v) is 1.75. The Bertz CT molecular complexity index is 271. The molecule has 1 rings (SSSR count). The zero-order chi connectivity index (χ0) is 8.43. The molecule has 0 radical (unpaired) electrons. The molecule has 4 nitrogen and oxygen atoms in total. The van der Waals surface area contributed by atoms with Crippen LogP contribution < -0.4 is 5.11 Å². The van der Waals surface area contributed by atoms with Crippen molar-refractivity contribution in [2.24, 2.45) is 0 Å². The molecule has 0 saturated carbocycles. The van der Waals surface area contributed by atoms with E-state index >= 15 is 0 Å². The lowest BCUT2D eigenvalue weighted by Crippen LogP contribution is -2.23. The fourth-order valence-corrected chi connectivity index (χ4v) is 0.556. The Morgan fingerprint density at radius 1 is 1.73 bits per heavy atom. The lowest BCUT2D eigenvalue weighted by atomic mass is 10.5. The first-order chi connectivity index (χ1) is 5.11. The normalized spacial score (nSPS) is 10.5. The summed E-state index contributed by atoms with van der Waals surface area (Å²) >= 11 is 0. The molecule has 0 saturated heterocycles. The van der Waals surface area contributed by atoms with Gasteiger partial charge in [-0.2, -0.15) is 13.9 Å². The molecule has 11 heavy (non-hydrogen) atoms. The molecule has 0 unspecified atom stereocenters. The molecule has 6 heteroatoms. The number of carbonyl (C=O) groups excluding carboxylic acids is 1. The summed E-state index contributed by atoms with van der Waals surface area (Å²) in [5.41, 5.74) is -0.495. The number of hydrogen-bond acceptors (Lipinski definition) is 3. The van der Waals surface area contributed by atoms with Crippen LogP contribution in [0.4, 0.5) is 8.78 Å². The smallest absolute Gasteiger partial charge is 0.333 e. The zero-order valence-electron chi connectivity index (χ0n) is 5.20. The van der Waals surface area contributed by atoms with E-state index in [1.807, 2.05) is 0 Å². The number of alkyl halides is 2. The van der Waals surface area contributed by atoms with Gasteiger partial charge in [0.1, 0.15) is 5.69 Å². The summed E-state index contributed by atoms with van der Waals surface area (Å²) in [6, 6.07) is 0.946. The van der Waals surface area contributed by atoms with E-state index in [9.17, 15) is 18.7 Å². The standard InChI is InChI=1S/C5H4F2N2O2/c6-5(7)9-2-1-3(8-9)4(10)11/h1-2,5H,(H,10,11)/p-1. The van der Waals surface area contributed by atoms with Gasteiger partial charge in [-0.05, 0) is 6.07 Å². The summed E-state index contributed by atoms with van der Waals surface area (Å²) in [5, 5.41) is 13.0. The van der Waals surface area contributed by atoms with Crippen LogP contribution in [0, 0.1) is 0 Å². The third-order valence-corrected chi connectivity index (χ3v) is 1.02. The molecule has 0 aromatic carbocycles. The second kappa shape index (κ2) is 2.65. The topological polar surface area (TPSA) is 57.9 Å². The third kappa shape index (κ3) is 1.51. The predicted octanol–water partition coefficient (Wildman–Crippen LogP) is -0.358. The first-order valence-corrected chi connectivity index (χ1v) is 2.66. The number of aromatic carboxylic acids is 1. The number of carbonyl (C=O) groups is 1. The highest BCUT2D eigenvalue weighted by molar-refractivity contribution is 5.83. The average molecular weight is 161 g/mol. The number of carboxylic acids is 1. The highest BCUT2D eigenvalue weighted by Gasteiger charge is 2.06. The van der Waals surface area contributed by atoms with Crippen LogP contribution in [0.25, 0.3) is 0 Å². The minimum atomic E-state index is -2.82. The number of hydrogen-bond donors (Lipinski definition) is 0. The Balaban J connectivity index is 2.90. The summed E-state index contributed by atoms with van der Waals surface area (Å²) < 4.78 is 23.7. The van der Waals surface area contributed by atoms with Crippen LogP contribution in [-0.2, 0) is 0 Å². The molecule has 0 amide bonds. The molecule has 1 aromatic rings. The Hall–Kier alpha value is -1.46. The molecule has 1 heterocycles. The van der Waals surface area contributed by atoms with E-state index in [2.05, 4.69) is 5.10 Å². The van der Waals surface area contributed by atoms with Gasteiger partial charge in [-0.1, -0.05) is 0 Å². The number of halogens is 2. The molecule has 0 bridgehead atoms. The lowest BCUT2D eigenvalue weighted by molar-refractivity contribution is -0.255. The molecular formula is C5H3F2N2O2-. The molecule has 0 atom stereocenters. The SMILES string of the molecule is O=C([O-])c1ccn(C(F)F)n1. The van der Waals surface area contributed by atoms with Crippen molar-refractivity contribution >= 4 is 5.97 Å². The number of carboxylic acid groups (broad SMARTS) is 1. The van der Waals surface area contributed by atoms with Gasteiger partial charge in [0.25, 0.3) is 0 Å². The number of nitrogens with zero attached hydrogens (tertiary/aromatic N) is 2. The van der Waals surface area contributed by atoms with Gasteiger partial charge in [-0.3, -0.25) is 0 Å². The van der Waals surface area contributed by atoms with E-state index < -0.39 is 18.2 Å². The van der Waals surface area contributed by atoms with Crippen molar-refractivity contribution in [3.8, 4) is 0 Å². The molecule has 0 fully saturated rings. The minimum Gasteiger partial charge on any atom is -0.543 e. The maximum absolute atomic E-state index is 11.7. The zero-order valence-corrected chi connectivity index (χ0v) is 5.20. The monoisotopic (exact) mass is 161 g/mol. The Labute approximate surface area is 60.1 Å². The van der Waals surface area contributed by atoms with Crippen molar-refractivity contribution in [1.29, 1.82) is 0 Å². The van der Waals surface area contributed by atoms with Crippen molar-refractivity contribution in [2.75, 3.05) is 0 Å². The maximum atomic E-state index is 11.7. The lowest BCUT2D eigenvalue weighted by Gasteiger charge is -1.97. The third-order valence-electron chi connectivity index (χ3n) is 1.02. The van der Waals surface area contributed by atoms with Crippen LogP contribution in [0.3, 0.4) is 0 Å². The Morgan fingerprint density at radius 3 is 2.64 bits per heavy atom. The van der Waals surface area contributed by atoms with E-state index in [1.54, 1.807) is 0 Å².